The highest BCUT2D eigenvalue weighted by Gasteiger charge is 2.15. The summed E-state index contributed by atoms with van der Waals surface area (Å²) in [7, 11) is 4.07. The molecular weight excluding hydrogens is 246 g/mol. The zero-order valence-electron chi connectivity index (χ0n) is 11.4. The van der Waals surface area contributed by atoms with Gasteiger partial charge < -0.3 is 15.5 Å². The molecular formula is C13H23N3OS. The van der Waals surface area contributed by atoms with E-state index >= 15 is 0 Å². The van der Waals surface area contributed by atoms with Crippen LogP contribution in [0.4, 0.5) is 0 Å². The van der Waals surface area contributed by atoms with Crippen molar-refractivity contribution in [2.24, 2.45) is 0 Å². The highest BCUT2D eigenvalue weighted by Crippen LogP contribution is 2.22. The number of amides is 1. The van der Waals surface area contributed by atoms with Gasteiger partial charge in [-0.25, -0.2) is 0 Å². The van der Waals surface area contributed by atoms with Crippen LogP contribution in [0.1, 0.15) is 24.3 Å². The van der Waals surface area contributed by atoms with Crippen molar-refractivity contribution in [3.63, 3.8) is 0 Å². The summed E-state index contributed by atoms with van der Waals surface area (Å²) in [6.45, 7) is 4.03. The molecule has 0 aromatic carbocycles. The maximum absolute atomic E-state index is 11.6. The lowest BCUT2D eigenvalue weighted by Gasteiger charge is -2.23. The standard InChI is InChI=1S/C13H23N3OS/c1-4-7-14-10-13(17)15-9-11(16(2)3)12-6-5-8-18-12/h5-6,8,11,14H,4,7,9-10H2,1-3H3,(H,15,17). The predicted molar refractivity (Wildman–Crippen MR) is 76.9 cm³/mol. The van der Waals surface area contributed by atoms with E-state index in [0.29, 0.717) is 13.1 Å². The Hall–Kier alpha value is -0.910. The maximum atomic E-state index is 11.6. The molecule has 5 heteroatoms. The zero-order valence-corrected chi connectivity index (χ0v) is 12.2. The quantitative estimate of drug-likeness (QED) is 0.702. The third-order valence-corrected chi connectivity index (χ3v) is 3.67. The van der Waals surface area contributed by atoms with Crippen LogP contribution in [0.15, 0.2) is 17.5 Å². The molecule has 1 heterocycles. The number of nitrogens with one attached hydrogen (secondary N) is 2. The number of carbonyl (C=O) groups excluding carboxylic acids is 1. The third kappa shape index (κ3) is 5.16. The van der Waals surface area contributed by atoms with Crippen LogP contribution in [0.25, 0.3) is 0 Å². The minimum atomic E-state index is 0.0619. The molecule has 1 atom stereocenters. The Bertz CT molecular complexity index is 338. The number of thiophene rings is 1. The van der Waals surface area contributed by atoms with Gasteiger partial charge in [-0.1, -0.05) is 13.0 Å². The molecule has 4 nitrogen and oxygen atoms in total. The van der Waals surface area contributed by atoms with Crippen LogP contribution in [0.5, 0.6) is 0 Å². The largest absolute Gasteiger partial charge is 0.353 e. The van der Waals surface area contributed by atoms with E-state index in [9.17, 15) is 4.79 Å². The highest BCUT2D eigenvalue weighted by molar-refractivity contribution is 7.10. The van der Waals surface area contributed by atoms with Gasteiger partial charge in [0.25, 0.3) is 0 Å². The molecule has 1 rings (SSSR count). The van der Waals surface area contributed by atoms with Gasteiger partial charge in [0, 0.05) is 11.4 Å². The normalized spacial score (nSPS) is 12.7. The van der Waals surface area contributed by atoms with Gasteiger partial charge >= 0.3 is 0 Å². The molecule has 0 spiro atoms. The van der Waals surface area contributed by atoms with Gasteiger partial charge in [-0.2, -0.15) is 0 Å². The average Bonchev–Trinajstić information content (AvgIpc) is 2.83. The molecule has 1 unspecified atom stereocenters. The Balaban J connectivity index is 2.37. The van der Waals surface area contributed by atoms with Gasteiger partial charge in [0.05, 0.1) is 12.6 Å². The van der Waals surface area contributed by atoms with Crippen molar-refractivity contribution in [1.82, 2.24) is 15.5 Å². The van der Waals surface area contributed by atoms with Gasteiger partial charge in [0.2, 0.25) is 5.91 Å². The second-order valence-electron chi connectivity index (χ2n) is 4.48. The molecule has 2 N–H and O–H groups in total. The molecule has 0 saturated carbocycles. The van der Waals surface area contributed by atoms with Crippen molar-refractivity contribution in [1.29, 1.82) is 0 Å². The first kappa shape index (κ1) is 15.1. The smallest absolute Gasteiger partial charge is 0.234 e. The van der Waals surface area contributed by atoms with Gasteiger partial charge in [-0.15, -0.1) is 11.3 Å². The molecule has 0 saturated heterocycles. The van der Waals surface area contributed by atoms with E-state index in [1.54, 1.807) is 11.3 Å². The molecule has 0 bridgehead atoms. The second kappa shape index (κ2) is 8.24. The lowest BCUT2D eigenvalue weighted by Crippen LogP contribution is -2.39. The average molecular weight is 269 g/mol. The number of nitrogens with zero attached hydrogens (tertiary/aromatic N) is 1. The minimum Gasteiger partial charge on any atom is -0.353 e. The van der Waals surface area contributed by atoms with Crippen molar-refractivity contribution >= 4 is 17.2 Å². The van der Waals surface area contributed by atoms with E-state index in [1.165, 1.54) is 4.88 Å². The molecule has 0 aliphatic rings. The predicted octanol–water partition coefficient (Wildman–Crippen LogP) is 1.47. The number of rotatable bonds is 8. The highest BCUT2D eigenvalue weighted by atomic mass is 32.1. The SMILES string of the molecule is CCCNCC(=O)NCC(c1cccs1)N(C)C. The third-order valence-electron chi connectivity index (χ3n) is 2.70. The first-order valence-corrected chi connectivity index (χ1v) is 7.20. The van der Waals surface area contributed by atoms with Crippen LogP contribution in [0.3, 0.4) is 0 Å². The molecule has 1 aromatic rings. The summed E-state index contributed by atoms with van der Waals surface area (Å²) in [4.78, 5) is 15.0. The van der Waals surface area contributed by atoms with Crippen molar-refractivity contribution in [2.45, 2.75) is 19.4 Å². The lowest BCUT2D eigenvalue weighted by atomic mass is 10.2. The van der Waals surface area contributed by atoms with Crippen LogP contribution >= 0.6 is 11.3 Å². The molecule has 0 aliphatic heterocycles. The van der Waals surface area contributed by atoms with Crippen molar-refractivity contribution < 1.29 is 4.79 Å². The van der Waals surface area contributed by atoms with E-state index < -0.39 is 0 Å². The van der Waals surface area contributed by atoms with E-state index in [1.807, 2.05) is 20.2 Å². The van der Waals surface area contributed by atoms with E-state index in [0.717, 1.165) is 13.0 Å². The maximum Gasteiger partial charge on any atom is 0.234 e. The monoisotopic (exact) mass is 269 g/mol. The van der Waals surface area contributed by atoms with Crippen LogP contribution in [0.2, 0.25) is 0 Å². The van der Waals surface area contributed by atoms with E-state index in [2.05, 4.69) is 33.9 Å². The summed E-state index contributed by atoms with van der Waals surface area (Å²) in [5.41, 5.74) is 0. The summed E-state index contributed by atoms with van der Waals surface area (Å²) in [6, 6.07) is 4.40. The fourth-order valence-corrected chi connectivity index (χ4v) is 2.59. The summed E-state index contributed by atoms with van der Waals surface area (Å²) >= 11 is 1.72. The van der Waals surface area contributed by atoms with Crippen molar-refractivity contribution in [2.75, 3.05) is 33.7 Å². The summed E-state index contributed by atoms with van der Waals surface area (Å²) < 4.78 is 0. The van der Waals surface area contributed by atoms with Gasteiger partial charge in [0.1, 0.15) is 0 Å². The fraction of sp³-hybridized carbons (Fsp3) is 0.615. The first-order chi connectivity index (χ1) is 8.65. The topological polar surface area (TPSA) is 44.4 Å². The number of hydrogen-bond donors (Lipinski definition) is 2. The molecule has 102 valence electrons. The van der Waals surface area contributed by atoms with E-state index in [4.69, 9.17) is 0 Å². The van der Waals surface area contributed by atoms with Crippen molar-refractivity contribution in [3.05, 3.63) is 22.4 Å². The number of carbonyl (C=O) groups is 1. The first-order valence-electron chi connectivity index (χ1n) is 6.32. The summed E-state index contributed by atoms with van der Waals surface area (Å²) in [5.74, 6) is 0.0619. The molecule has 18 heavy (non-hydrogen) atoms. The van der Waals surface area contributed by atoms with Crippen molar-refractivity contribution in [3.8, 4) is 0 Å². The summed E-state index contributed by atoms with van der Waals surface area (Å²) in [5, 5.41) is 8.14. The van der Waals surface area contributed by atoms with E-state index in [-0.39, 0.29) is 11.9 Å². The Morgan fingerprint density at radius 1 is 1.50 bits per heavy atom. The molecule has 0 radical (unpaired) electrons. The molecule has 0 fully saturated rings. The summed E-state index contributed by atoms with van der Waals surface area (Å²) in [6.07, 6.45) is 1.04. The van der Waals surface area contributed by atoms with Crippen LogP contribution in [-0.2, 0) is 4.79 Å². The lowest BCUT2D eigenvalue weighted by molar-refractivity contribution is -0.120. The molecule has 1 aromatic heterocycles. The minimum absolute atomic E-state index is 0.0619. The van der Waals surface area contributed by atoms with Crippen LogP contribution < -0.4 is 10.6 Å². The molecule has 0 aliphatic carbocycles. The Kier molecular flexibility index (Phi) is 6.93. The number of hydrogen-bond acceptors (Lipinski definition) is 4. The van der Waals surface area contributed by atoms with Gasteiger partial charge in [0.15, 0.2) is 0 Å². The molecule has 1 amide bonds. The Labute approximate surface area is 113 Å². The van der Waals surface area contributed by atoms with Gasteiger partial charge in [-0.3, -0.25) is 4.79 Å². The second-order valence-corrected chi connectivity index (χ2v) is 5.45. The van der Waals surface area contributed by atoms with Crippen LogP contribution in [-0.4, -0.2) is 44.5 Å². The zero-order chi connectivity index (χ0) is 13.4. The Morgan fingerprint density at radius 3 is 2.83 bits per heavy atom. The Morgan fingerprint density at radius 2 is 2.28 bits per heavy atom. The van der Waals surface area contributed by atoms with Gasteiger partial charge in [-0.05, 0) is 38.5 Å². The van der Waals surface area contributed by atoms with Crippen LogP contribution in [0, 0.1) is 0 Å². The fourth-order valence-electron chi connectivity index (χ4n) is 1.67. The number of likely N-dealkylation sites (N-methyl/N-ethyl adjacent to an activating group) is 1.